The van der Waals surface area contributed by atoms with Gasteiger partial charge in [-0.2, -0.15) is 5.10 Å². The summed E-state index contributed by atoms with van der Waals surface area (Å²) in [6.07, 6.45) is 5.64. The van der Waals surface area contributed by atoms with Crippen molar-refractivity contribution in [3.05, 3.63) is 12.4 Å². The fourth-order valence-electron chi connectivity index (χ4n) is 1.29. The van der Waals surface area contributed by atoms with Crippen LogP contribution in [0.5, 0.6) is 5.75 Å². The van der Waals surface area contributed by atoms with Gasteiger partial charge >= 0.3 is 0 Å². The summed E-state index contributed by atoms with van der Waals surface area (Å²) in [6, 6.07) is 0. The summed E-state index contributed by atoms with van der Waals surface area (Å²) < 4.78 is 12.8. The van der Waals surface area contributed by atoms with Gasteiger partial charge in [-0.05, 0) is 20.3 Å². The molecular formula is C12H22N2O2. The summed E-state index contributed by atoms with van der Waals surface area (Å²) in [4.78, 5) is 0. The second kappa shape index (κ2) is 5.89. The Balaban J connectivity index is 2.31. The van der Waals surface area contributed by atoms with Crippen LogP contribution >= 0.6 is 0 Å². The summed E-state index contributed by atoms with van der Waals surface area (Å²) in [5.41, 5.74) is -0.126. The Morgan fingerprint density at radius 1 is 1.44 bits per heavy atom. The van der Waals surface area contributed by atoms with E-state index in [2.05, 4.69) is 25.9 Å². The van der Waals surface area contributed by atoms with Gasteiger partial charge < -0.3 is 9.47 Å². The summed E-state index contributed by atoms with van der Waals surface area (Å²) in [6.45, 7) is 7.82. The molecule has 0 N–H and O–H groups in total. The molecule has 0 aliphatic carbocycles. The predicted octanol–water partition coefficient (Wildman–Crippen LogP) is 2.49. The van der Waals surface area contributed by atoms with Crippen molar-refractivity contribution in [2.75, 3.05) is 13.7 Å². The maximum Gasteiger partial charge on any atom is 0.157 e. The van der Waals surface area contributed by atoms with Crippen LogP contribution in [0.15, 0.2) is 12.4 Å². The molecule has 0 atom stereocenters. The average Bonchev–Trinajstić information content (AvgIpc) is 2.66. The molecule has 1 rings (SSSR count). The van der Waals surface area contributed by atoms with Crippen molar-refractivity contribution in [2.45, 2.75) is 45.8 Å². The minimum Gasteiger partial charge on any atom is -0.490 e. The first-order chi connectivity index (χ1) is 7.57. The zero-order chi connectivity index (χ0) is 12.0. The van der Waals surface area contributed by atoms with Crippen LogP contribution in [0.2, 0.25) is 0 Å². The molecule has 16 heavy (non-hydrogen) atoms. The van der Waals surface area contributed by atoms with Gasteiger partial charge in [0, 0.05) is 20.1 Å². The Morgan fingerprint density at radius 3 is 2.81 bits per heavy atom. The molecule has 0 radical (unpaired) electrons. The highest BCUT2D eigenvalue weighted by atomic mass is 16.5. The third-order valence-electron chi connectivity index (χ3n) is 2.59. The van der Waals surface area contributed by atoms with Gasteiger partial charge in [0.1, 0.15) is 0 Å². The van der Waals surface area contributed by atoms with E-state index in [1.54, 1.807) is 13.3 Å². The highest BCUT2D eigenvalue weighted by molar-refractivity contribution is 5.11. The van der Waals surface area contributed by atoms with E-state index >= 15 is 0 Å². The van der Waals surface area contributed by atoms with Crippen molar-refractivity contribution in [3.63, 3.8) is 0 Å². The van der Waals surface area contributed by atoms with Gasteiger partial charge in [0.15, 0.2) is 5.75 Å². The summed E-state index contributed by atoms with van der Waals surface area (Å²) in [5, 5.41) is 4.20. The standard InChI is InChI=1S/C12H22N2O2/c1-5-7-14-10-11(9-13-14)16-8-6-12(2,3)15-4/h9-10H,5-8H2,1-4H3. The Morgan fingerprint density at radius 2 is 2.19 bits per heavy atom. The lowest BCUT2D eigenvalue weighted by molar-refractivity contribution is 0.00545. The number of hydrogen-bond donors (Lipinski definition) is 0. The maximum absolute atomic E-state index is 5.61. The van der Waals surface area contributed by atoms with E-state index in [9.17, 15) is 0 Å². The molecule has 0 spiro atoms. The zero-order valence-electron chi connectivity index (χ0n) is 10.7. The average molecular weight is 226 g/mol. The van der Waals surface area contributed by atoms with Crippen LogP contribution in [-0.2, 0) is 11.3 Å². The minimum absolute atomic E-state index is 0.126. The third-order valence-corrected chi connectivity index (χ3v) is 2.59. The molecule has 0 aliphatic heterocycles. The lowest BCUT2D eigenvalue weighted by atomic mass is 10.1. The van der Waals surface area contributed by atoms with Crippen molar-refractivity contribution in [3.8, 4) is 5.75 Å². The highest BCUT2D eigenvalue weighted by Crippen LogP contribution is 2.15. The Kier molecular flexibility index (Phi) is 4.80. The lowest BCUT2D eigenvalue weighted by Gasteiger charge is -2.22. The normalized spacial score (nSPS) is 11.8. The number of hydrogen-bond acceptors (Lipinski definition) is 3. The van der Waals surface area contributed by atoms with Crippen LogP contribution in [0.4, 0.5) is 0 Å². The minimum atomic E-state index is -0.126. The van der Waals surface area contributed by atoms with E-state index in [0.29, 0.717) is 6.61 Å². The van der Waals surface area contributed by atoms with Gasteiger partial charge in [0.25, 0.3) is 0 Å². The van der Waals surface area contributed by atoms with E-state index in [1.165, 1.54) is 0 Å². The van der Waals surface area contributed by atoms with Crippen LogP contribution in [-0.4, -0.2) is 29.1 Å². The SMILES string of the molecule is CCCn1cc(OCCC(C)(C)OC)cn1. The Bertz CT molecular complexity index is 308. The number of nitrogens with zero attached hydrogens (tertiary/aromatic N) is 2. The summed E-state index contributed by atoms with van der Waals surface area (Å²) in [5.74, 6) is 0.834. The quantitative estimate of drug-likeness (QED) is 0.716. The third kappa shape index (κ3) is 4.23. The monoisotopic (exact) mass is 226 g/mol. The molecular weight excluding hydrogens is 204 g/mol. The van der Waals surface area contributed by atoms with Gasteiger partial charge in [-0.1, -0.05) is 6.92 Å². The van der Waals surface area contributed by atoms with Crippen LogP contribution in [0.1, 0.15) is 33.6 Å². The zero-order valence-corrected chi connectivity index (χ0v) is 10.7. The largest absolute Gasteiger partial charge is 0.490 e. The molecule has 4 heteroatoms. The molecule has 0 amide bonds. The highest BCUT2D eigenvalue weighted by Gasteiger charge is 2.16. The van der Waals surface area contributed by atoms with E-state index in [1.807, 2.05) is 10.9 Å². The summed E-state index contributed by atoms with van der Waals surface area (Å²) in [7, 11) is 1.72. The van der Waals surface area contributed by atoms with Gasteiger partial charge in [0.2, 0.25) is 0 Å². The molecule has 4 nitrogen and oxygen atoms in total. The molecule has 0 unspecified atom stereocenters. The van der Waals surface area contributed by atoms with Crippen molar-refractivity contribution in [2.24, 2.45) is 0 Å². The van der Waals surface area contributed by atoms with Gasteiger partial charge in [-0.3, -0.25) is 4.68 Å². The topological polar surface area (TPSA) is 36.3 Å². The fraction of sp³-hybridized carbons (Fsp3) is 0.750. The molecule has 0 bridgehead atoms. The number of aromatic nitrogens is 2. The number of ether oxygens (including phenoxy) is 2. The van der Waals surface area contributed by atoms with Crippen LogP contribution in [0, 0.1) is 0 Å². The maximum atomic E-state index is 5.61. The molecule has 0 saturated carbocycles. The molecule has 92 valence electrons. The van der Waals surface area contributed by atoms with Gasteiger partial charge in [0.05, 0.1) is 24.6 Å². The second-order valence-electron chi connectivity index (χ2n) is 4.50. The van der Waals surface area contributed by atoms with Crippen LogP contribution in [0.3, 0.4) is 0 Å². The molecule has 1 aromatic rings. The van der Waals surface area contributed by atoms with Crippen molar-refractivity contribution in [1.82, 2.24) is 9.78 Å². The molecule has 1 aromatic heterocycles. The van der Waals surface area contributed by atoms with E-state index in [-0.39, 0.29) is 5.60 Å². The van der Waals surface area contributed by atoms with Crippen LogP contribution in [0.25, 0.3) is 0 Å². The summed E-state index contributed by atoms with van der Waals surface area (Å²) >= 11 is 0. The van der Waals surface area contributed by atoms with E-state index in [0.717, 1.165) is 25.1 Å². The van der Waals surface area contributed by atoms with E-state index < -0.39 is 0 Å². The smallest absolute Gasteiger partial charge is 0.157 e. The first-order valence-corrected chi connectivity index (χ1v) is 5.78. The molecule has 0 fully saturated rings. The molecule has 1 heterocycles. The first-order valence-electron chi connectivity index (χ1n) is 5.78. The fourth-order valence-corrected chi connectivity index (χ4v) is 1.29. The van der Waals surface area contributed by atoms with E-state index in [4.69, 9.17) is 9.47 Å². The number of rotatable bonds is 7. The van der Waals surface area contributed by atoms with Gasteiger partial charge in [-0.25, -0.2) is 0 Å². The first kappa shape index (κ1) is 13.0. The lowest BCUT2D eigenvalue weighted by Crippen LogP contribution is -2.25. The predicted molar refractivity (Wildman–Crippen MR) is 63.7 cm³/mol. The Labute approximate surface area is 97.6 Å². The molecule has 0 aromatic carbocycles. The van der Waals surface area contributed by atoms with Crippen LogP contribution < -0.4 is 4.74 Å². The van der Waals surface area contributed by atoms with Crippen molar-refractivity contribution in [1.29, 1.82) is 0 Å². The van der Waals surface area contributed by atoms with Gasteiger partial charge in [-0.15, -0.1) is 0 Å². The van der Waals surface area contributed by atoms with Crippen molar-refractivity contribution < 1.29 is 9.47 Å². The second-order valence-corrected chi connectivity index (χ2v) is 4.50. The van der Waals surface area contributed by atoms with Crippen molar-refractivity contribution >= 4 is 0 Å². The Hall–Kier alpha value is -1.03. The molecule has 0 saturated heterocycles. The number of methoxy groups -OCH3 is 1. The number of aryl methyl sites for hydroxylation is 1. The molecule has 0 aliphatic rings.